The quantitative estimate of drug-likeness (QED) is 0.208. The molecule has 0 aliphatic heterocycles. The molecule has 0 bridgehead atoms. The number of nitrogens with one attached hydrogen (secondary N) is 3. The van der Waals surface area contributed by atoms with Crippen molar-refractivity contribution < 1.29 is 22.7 Å². The molecule has 0 atom stereocenters. The Morgan fingerprint density at radius 3 is 2.33 bits per heavy atom. The summed E-state index contributed by atoms with van der Waals surface area (Å²) in [7, 11) is 1.50. The van der Waals surface area contributed by atoms with E-state index in [0.717, 1.165) is 30.2 Å². The fourth-order valence-electron chi connectivity index (χ4n) is 5.31. The zero-order valence-corrected chi connectivity index (χ0v) is 24.9. The first-order valence-corrected chi connectivity index (χ1v) is 14.9. The number of hydrogen-bond donors (Lipinski definition) is 3. The van der Waals surface area contributed by atoms with Crippen LogP contribution in [0.3, 0.4) is 0 Å². The Bertz CT molecular complexity index is 1620. The van der Waals surface area contributed by atoms with Gasteiger partial charge >= 0.3 is 18.2 Å². The molecule has 0 aromatic carbocycles. The number of pyridine rings is 1. The van der Waals surface area contributed by atoms with Crippen molar-refractivity contribution in [3.05, 3.63) is 53.7 Å². The summed E-state index contributed by atoms with van der Waals surface area (Å²) in [6.07, 6.45) is 7.02. The number of hydrogen-bond acceptors (Lipinski definition) is 9. The number of nitrogens with zero attached hydrogens (tertiary/aromatic N) is 7. The molecule has 0 saturated heterocycles. The largest absolute Gasteiger partial charge is 0.467 e. The first kappa shape index (κ1) is 30.5. The fourth-order valence-corrected chi connectivity index (χ4v) is 5.49. The summed E-state index contributed by atoms with van der Waals surface area (Å²) in [5, 5.41) is 12.6. The monoisotopic (exact) mass is 642 g/mol. The molecular formula is C29H30ClF3N10O2. The van der Waals surface area contributed by atoms with Crippen molar-refractivity contribution in [3.63, 3.8) is 0 Å². The fraction of sp³-hybridized carbons (Fsp3) is 0.414. The Hall–Kier alpha value is -4.53. The minimum absolute atomic E-state index is 0.0182. The molecule has 3 N–H and O–H groups in total. The second-order valence-corrected chi connectivity index (χ2v) is 11.5. The van der Waals surface area contributed by atoms with Gasteiger partial charge in [0.2, 0.25) is 5.95 Å². The lowest BCUT2D eigenvalue weighted by molar-refractivity contribution is -0.137. The van der Waals surface area contributed by atoms with E-state index in [9.17, 15) is 18.0 Å². The van der Waals surface area contributed by atoms with Crippen molar-refractivity contribution in [2.24, 2.45) is 5.92 Å². The van der Waals surface area contributed by atoms with Crippen LogP contribution < -0.4 is 20.3 Å². The number of H-pyrrole nitrogens is 1. The number of halogens is 4. The maximum absolute atomic E-state index is 13.7. The maximum atomic E-state index is 13.7. The molecule has 45 heavy (non-hydrogen) atoms. The highest BCUT2D eigenvalue weighted by molar-refractivity contribution is 6.32. The molecule has 2 fully saturated rings. The zero-order chi connectivity index (χ0) is 31.6. The van der Waals surface area contributed by atoms with Gasteiger partial charge in [0.15, 0.2) is 0 Å². The molecule has 2 aliphatic rings. The molecule has 4 aromatic rings. The number of aromatic amines is 1. The number of urea groups is 1. The van der Waals surface area contributed by atoms with Crippen LogP contribution in [0.25, 0.3) is 22.5 Å². The van der Waals surface area contributed by atoms with E-state index in [1.807, 2.05) is 6.07 Å². The van der Waals surface area contributed by atoms with Crippen molar-refractivity contribution in [2.75, 3.05) is 23.9 Å². The Balaban J connectivity index is 1.16. The van der Waals surface area contributed by atoms with Crippen LogP contribution in [-0.2, 0) is 6.18 Å². The highest BCUT2D eigenvalue weighted by atomic mass is 35.5. The highest BCUT2D eigenvalue weighted by Gasteiger charge is 2.37. The molecule has 2 aliphatic carbocycles. The van der Waals surface area contributed by atoms with Crippen molar-refractivity contribution in [1.29, 1.82) is 0 Å². The average Bonchev–Trinajstić information content (AvgIpc) is 3.78. The van der Waals surface area contributed by atoms with Gasteiger partial charge in [0, 0.05) is 60.7 Å². The number of ether oxygens (including phenoxy) is 1. The van der Waals surface area contributed by atoms with Crippen molar-refractivity contribution in [1.82, 2.24) is 40.4 Å². The molecule has 6 rings (SSSR count). The van der Waals surface area contributed by atoms with E-state index in [2.05, 4.69) is 45.8 Å². The minimum atomic E-state index is -4.69. The lowest BCUT2D eigenvalue weighted by Crippen LogP contribution is -2.49. The number of methoxy groups -OCH3 is 1. The van der Waals surface area contributed by atoms with E-state index in [-0.39, 0.29) is 40.8 Å². The van der Waals surface area contributed by atoms with Gasteiger partial charge in [0.25, 0.3) is 0 Å². The summed E-state index contributed by atoms with van der Waals surface area (Å²) < 4.78 is 46.1. The van der Waals surface area contributed by atoms with Gasteiger partial charge in [0.1, 0.15) is 22.8 Å². The van der Waals surface area contributed by atoms with Gasteiger partial charge in [-0.05, 0) is 56.6 Å². The number of aromatic nitrogens is 7. The number of rotatable bonds is 9. The predicted octanol–water partition coefficient (Wildman–Crippen LogP) is 5.75. The minimum Gasteiger partial charge on any atom is -0.467 e. The summed E-state index contributed by atoms with van der Waals surface area (Å²) in [4.78, 5) is 36.2. The van der Waals surface area contributed by atoms with Crippen LogP contribution in [0.4, 0.5) is 29.7 Å². The lowest BCUT2D eigenvalue weighted by atomic mass is 9.90. The van der Waals surface area contributed by atoms with Gasteiger partial charge in [-0.2, -0.15) is 18.3 Å². The van der Waals surface area contributed by atoms with Crippen molar-refractivity contribution in [2.45, 2.75) is 56.8 Å². The number of anilines is 2. The Labute approximate surface area is 261 Å². The average molecular weight is 643 g/mol. The molecule has 2 saturated carbocycles. The summed E-state index contributed by atoms with van der Waals surface area (Å²) in [6, 6.07) is 3.46. The van der Waals surface area contributed by atoms with Gasteiger partial charge in [-0.1, -0.05) is 11.6 Å². The lowest BCUT2D eigenvalue weighted by Gasteiger charge is -2.36. The van der Waals surface area contributed by atoms with E-state index in [0.29, 0.717) is 44.0 Å². The van der Waals surface area contributed by atoms with Gasteiger partial charge < -0.3 is 15.4 Å². The summed E-state index contributed by atoms with van der Waals surface area (Å²) >= 11 is 6.06. The topological polar surface area (TPSA) is 147 Å². The van der Waals surface area contributed by atoms with Crippen LogP contribution >= 0.6 is 11.6 Å². The molecule has 16 heteroatoms. The van der Waals surface area contributed by atoms with Gasteiger partial charge in [-0.25, -0.2) is 29.7 Å². The third-order valence-corrected chi connectivity index (χ3v) is 8.19. The van der Waals surface area contributed by atoms with E-state index >= 15 is 0 Å². The first-order chi connectivity index (χ1) is 21.7. The molecule has 12 nitrogen and oxygen atoms in total. The van der Waals surface area contributed by atoms with E-state index in [1.54, 1.807) is 29.6 Å². The summed E-state index contributed by atoms with van der Waals surface area (Å²) in [5.74, 6) is 1.06. The molecule has 2 amide bonds. The Morgan fingerprint density at radius 1 is 1.00 bits per heavy atom. The van der Waals surface area contributed by atoms with Gasteiger partial charge in [-0.15, -0.1) is 0 Å². The highest BCUT2D eigenvalue weighted by Crippen LogP contribution is 2.38. The maximum Gasteiger partial charge on any atom is 0.420 e. The zero-order valence-electron chi connectivity index (χ0n) is 24.2. The summed E-state index contributed by atoms with van der Waals surface area (Å²) in [6.45, 7) is 0.612. The molecule has 4 heterocycles. The second-order valence-electron chi connectivity index (χ2n) is 11.0. The van der Waals surface area contributed by atoms with Crippen LogP contribution in [0.2, 0.25) is 5.02 Å². The van der Waals surface area contributed by atoms with Crippen LogP contribution in [0.1, 0.15) is 44.1 Å². The van der Waals surface area contributed by atoms with Gasteiger partial charge in [0.05, 0.1) is 12.1 Å². The standard InChI is InChI=1S/C29H30ClF3N10O2/c1-45-27-36-12-18(13-37-27)17-4-9-23(34-11-17)43(28(44)38-10-16-2-3-16)20-7-5-19(6-8-20)40-26-35-14-21(29(31,32)33)24(41-26)25-22(30)15-39-42-25/h4,9,11-16,19-20H,2-3,5-8,10H2,1H3,(H,38,44)(H,39,42)(H,35,40,41)/t19-,20-. The number of carbonyl (C=O) groups is 1. The number of amides is 2. The van der Waals surface area contributed by atoms with Crippen molar-refractivity contribution in [3.8, 4) is 28.5 Å². The van der Waals surface area contributed by atoms with Crippen LogP contribution in [0.5, 0.6) is 6.01 Å². The van der Waals surface area contributed by atoms with Gasteiger partial charge in [-0.3, -0.25) is 10.00 Å². The molecular weight excluding hydrogens is 613 g/mol. The molecule has 0 radical (unpaired) electrons. The summed E-state index contributed by atoms with van der Waals surface area (Å²) in [5.41, 5.74) is 0.00362. The van der Waals surface area contributed by atoms with E-state index in [1.165, 1.54) is 13.3 Å². The molecule has 4 aromatic heterocycles. The van der Waals surface area contributed by atoms with E-state index < -0.39 is 17.4 Å². The second kappa shape index (κ2) is 12.8. The SMILES string of the molecule is COc1ncc(-c2ccc(N(C(=O)NCC3CC3)[C@H]3CC[C@H](Nc4ncc(C(F)(F)F)c(-c5n[nH]cc5Cl)n4)CC3)nc2)cn1. The molecule has 0 unspecified atom stereocenters. The van der Waals surface area contributed by atoms with Crippen LogP contribution in [0, 0.1) is 5.92 Å². The smallest absolute Gasteiger partial charge is 0.420 e. The van der Waals surface area contributed by atoms with Crippen LogP contribution in [0.15, 0.2) is 43.1 Å². The number of carbonyl (C=O) groups excluding carboxylic acids is 1. The number of alkyl halides is 3. The Morgan fingerprint density at radius 2 is 1.73 bits per heavy atom. The Kier molecular flexibility index (Phi) is 8.70. The van der Waals surface area contributed by atoms with Crippen LogP contribution in [-0.4, -0.2) is 66.9 Å². The van der Waals surface area contributed by atoms with Crippen molar-refractivity contribution >= 4 is 29.4 Å². The molecule has 0 spiro atoms. The first-order valence-electron chi connectivity index (χ1n) is 14.5. The third kappa shape index (κ3) is 7.08. The molecule has 236 valence electrons. The predicted molar refractivity (Wildman–Crippen MR) is 160 cm³/mol. The third-order valence-electron chi connectivity index (χ3n) is 7.90. The van der Waals surface area contributed by atoms with E-state index in [4.69, 9.17) is 16.3 Å². The normalized spacial score (nSPS) is 18.3.